The molecule has 0 bridgehead atoms. The van der Waals surface area contributed by atoms with E-state index in [0.29, 0.717) is 6.42 Å². The van der Waals surface area contributed by atoms with E-state index in [2.05, 4.69) is 33.4 Å². The van der Waals surface area contributed by atoms with Gasteiger partial charge in [0.25, 0.3) is 0 Å². The lowest BCUT2D eigenvalue weighted by Gasteiger charge is -2.52. The zero-order valence-electron chi connectivity index (χ0n) is 18.2. The molecule has 3 aliphatic heterocycles. The Kier molecular flexibility index (Phi) is 4.90. The van der Waals surface area contributed by atoms with E-state index >= 15 is 0 Å². The van der Waals surface area contributed by atoms with Gasteiger partial charge in [-0.1, -0.05) is 13.0 Å². The molecule has 0 saturated carbocycles. The van der Waals surface area contributed by atoms with Crippen molar-refractivity contribution in [2.75, 3.05) is 50.7 Å². The molecule has 1 unspecified atom stereocenters. The Morgan fingerprint density at radius 1 is 1.13 bits per heavy atom. The van der Waals surface area contributed by atoms with Crippen LogP contribution in [-0.4, -0.2) is 71.7 Å². The highest BCUT2D eigenvalue weighted by molar-refractivity contribution is 6.00. The monoisotopic (exact) mass is 426 g/mol. The van der Waals surface area contributed by atoms with Crippen LogP contribution in [0.4, 0.5) is 5.69 Å². The van der Waals surface area contributed by atoms with Gasteiger partial charge in [0.1, 0.15) is 6.04 Å². The number of rotatable bonds is 4. The van der Waals surface area contributed by atoms with E-state index in [-0.39, 0.29) is 23.4 Å². The summed E-state index contributed by atoms with van der Waals surface area (Å²) in [4.78, 5) is 42.0. The summed E-state index contributed by atoms with van der Waals surface area (Å²) in [6.45, 7) is 9.57. The lowest BCUT2D eigenvalue weighted by molar-refractivity contribution is -0.135. The highest BCUT2D eigenvalue weighted by Gasteiger charge is 2.41. The molecule has 3 saturated heterocycles. The molecule has 3 aliphatic rings. The van der Waals surface area contributed by atoms with Crippen LogP contribution in [0.1, 0.15) is 25.8 Å². The van der Waals surface area contributed by atoms with Crippen molar-refractivity contribution in [3.8, 4) is 0 Å². The number of hydrogen-bond donors (Lipinski definition) is 2. The number of nitrogens with zero attached hydrogens (tertiary/aromatic N) is 4. The number of imide groups is 1. The number of carbonyl (C=O) groups excluding carboxylic acids is 2. The SMILES string of the molecule is Cn1c(=O)n(C2CCC(=O)NC2=O)c2cccc(N3CC(C)(CN4CCNCC4)C3)c21. The van der Waals surface area contributed by atoms with Crippen molar-refractivity contribution < 1.29 is 9.59 Å². The Balaban J connectivity index is 1.43. The molecule has 3 fully saturated rings. The zero-order valence-corrected chi connectivity index (χ0v) is 18.2. The molecule has 2 aromatic rings. The van der Waals surface area contributed by atoms with Crippen LogP contribution in [-0.2, 0) is 16.6 Å². The van der Waals surface area contributed by atoms with Crippen molar-refractivity contribution in [2.24, 2.45) is 12.5 Å². The average molecular weight is 427 g/mol. The molecule has 9 nitrogen and oxygen atoms in total. The molecular weight excluding hydrogens is 396 g/mol. The number of hydrogen-bond acceptors (Lipinski definition) is 6. The van der Waals surface area contributed by atoms with Crippen molar-refractivity contribution in [3.63, 3.8) is 0 Å². The van der Waals surface area contributed by atoms with Gasteiger partial charge in [-0.25, -0.2) is 4.79 Å². The van der Waals surface area contributed by atoms with Crippen LogP contribution in [0.3, 0.4) is 0 Å². The number of benzene rings is 1. The van der Waals surface area contributed by atoms with Gasteiger partial charge in [-0.05, 0) is 18.6 Å². The van der Waals surface area contributed by atoms with E-state index in [1.807, 2.05) is 12.1 Å². The number of piperidine rings is 1. The third-order valence-electron chi connectivity index (χ3n) is 6.90. The first-order valence-electron chi connectivity index (χ1n) is 11.1. The minimum atomic E-state index is -0.654. The lowest BCUT2D eigenvalue weighted by Crippen LogP contribution is -2.61. The number of para-hydroxylation sites is 1. The molecule has 4 heterocycles. The normalized spacial score (nSPS) is 24.3. The van der Waals surface area contributed by atoms with E-state index in [0.717, 1.165) is 62.5 Å². The number of carbonyl (C=O) groups is 2. The van der Waals surface area contributed by atoms with E-state index in [9.17, 15) is 14.4 Å². The first kappa shape index (κ1) is 20.3. The Morgan fingerprint density at radius 2 is 1.87 bits per heavy atom. The predicted molar refractivity (Wildman–Crippen MR) is 118 cm³/mol. The second-order valence-electron chi connectivity index (χ2n) is 9.52. The van der Waals surface area contributed by atoms with Gasteiger partial charge >= 0.3 is 5.69 Å². The maximum absolute atomic E-state index is 13.1. The van der Waals surface area contributed by atoms with Crippen LogP contribution in [0, 0.1) is 5.41 Å². The summed E-state index contributed by atoms with van der Waals surface area (Å²) in [5.41, 5.74) is 2.63. The summed E-state index contributed by atoms with van der Waals surface area (Å²) >= 11 is 0. The number of anilines is 1. The molecule has 9 heteroatoms. The molecule has 0 spiro atoms. The van der Waals surface area contributed by atoms with Crippen LogP contribution < -0.4 is 21.2 Å². The average Bonchev–Trinajstić information content (AvgIpc) is 2.98. The summed E-state index contributed by atoms with van der Waals surface area (Å²) in [5.74, 6) is -0.677. The second kappa shape index (κ2) is 7.49. The molecule has 166 valence electrons. The van der Waals surface area contributed by atoms with Crippen LogP contribution in [0.2, 0.25) is 0 Å². The highest BCUT2D eigenvalue weighted by atomic mass is 16.2. The third-order valence-corrected chi connectivity index (χ3v) is 6.90. The Morgan fingerprint density at radius 3 is 2.58 bits per heavy atom. The molecule has 0 aliphatic carbocycles. The maximum atomic E-state index is 13.1. The summed E-state index contributed by atoms with van der Waals surface area (Å²) < 4.78 is 3.20. The summed E-state index contributed by atoms with van der Waals surface area (Å²) in [6, 6.07) is 5.24. The Labute approximate surface area is 181 Å². The fourth-order valence-electron chi connectivity index (χ4n) is 5.46. The smallest absolute Gasteiger partial charge is 0.329 e. The predicted octanol–water partition coefficient (Wildman–Crippen LogP) is 0.0492. The Hall–Kier alpha value is -2.65. The van der Waals surface area contributed by atoms with Crippen LogP contribution in [0.15, 0.2) is 23.0 Å². The third kappa shape index (κ3) is 3.45. The van der Waals surface area contributed by atoms with Gasteiger partial charge < -0.3 is 15.1 Å². The van der Waals surface area contributed by atoms with Gasteiger partial charge in [0.2, 0.25) is 11.8 Å². The molecule has 31 heavy (non-hydrogen) atoms. The molecule has 1 atom stereocenters. The van der Waals surface area contributed by atoms with Gasteiger partial charge in [0.05, 0.1) is 16.7 Å². The summed E-state index contributed by atoms with van der Waals surface area (Å²) in [6.07, 6.45) is 0.593. The van der Waals surface area contributed by atoms with Gasteiger partial charge in [-0.2, -0.15) is 0 Å². The number of aromatic nitrogens is 2. The topological polar surface area (TPSA) is 91.6 Å². The van der Waals surface area contributed by atoms with Gasteiger partial charge in [0, 0.05) is 64.7 Å². The van der Waals surface area contributed by atoms with Crippen LogP contribution >= 0.6 is 0 Å². The van der Waals surface area contributed by atoms with E-state index in [1.165, 1.54) is 0 Å². The fourth-order valence-corrected chi connectivity index (χ4v) is 5.46. The van der Waals surface area contributed by atoms with E-state index in [1.54, 1.807) is 16.2 Å². The molecule has 2 N–H and O–H groups in total. The maximum Gasteiger partial charge on any atom is 0.329 e. The minimum Gasteiger partial charge on any atom is -0.368 e. The second-order valence-corrected chi connectivity index (χ2v) is 9.52. The number of piperazine rings is 1. The standard InChI is InChI=1S/C22H30N6O3/c1-22(12-26-10-8-23-9-11-26)13-27(14-22)15-4-3-5-16-19(15)25(2)21(31)28(16)17-6-7-18(29)24-20(17)30/h3-5,17,23H,6-14H2,1-2H3,(H,24,29,30). The van der Waals surface area contributed by atoms with Crippen molar-refractivity contribution in [2.45, 2.75) is 25.8 Å². The number of nitrogens with one attached hydrogen (secondary N) is 2. The molecule has 2 amide bonds. The molecule has 0 radical (unpaired) electrons. The number of amides is 2. The van der Waals surface area contributed by atoms with Gasteiger partial charge in [-0.15, -0.1) is 0 Å². The van der Waals surface area contributed by atoms with E-state index < -0.39 is 11.9 Å². The summed E-state index contributed by atoms with van der Waals surface area (Å²) in [5, 5.41) is 5.78. The fraction of sp³-hybridized carbons (Fsp3) is 0.591. The zero-order chi connectivity index (χ0) is 21.8. The van der Waals surface area contributed by atoms with Crippen LogP contribution in [0.5, 0.6) is 0 Å². The molecular formula is C22H30N6O3. The van der Waals surface area contributed by atoms with Crippen molar-refractivity contribution in [1.82, 2.24) is 24.7 Å². The largest absolute Gasteiger partial charge is 0.368 e. The number of aryl methyl sites for hydroxylation is 1. The summed E-state index contributed by atoms with van der Waals surface area (Å²) in [7, 11) is 1.76. The van der Waals surface area contributed by atoms with Gasteiger partial charge in [-0.3, -0.25) is 24.0 Å². The van der Waals surface area contributed by atoms with Crippen molar-refractivity contribution >= 4 is 28.5 Å². The number of imidazole rings is 1. The molecule has 1 aromatic carbocycles. The van der Waals surface area contributed by atoms with E-state index in [4.69, 9.17) is 0 Å². The number of fused-ring (bicyclic) bond motifs is 1. The first-order valence-corrected chi connectivity index (χ1v) is 11.1. The van der Waals surface area contributed by atoms with Crippen LogP contribution in [0.25, 0.3) is 11.0 Å². The lowest BCUT2D eigenvalue weighted by atomic mass is 9.80. The van der Waals surface area contributed by atoms with Gasteiger partial charge in [0.15, 0.2) is 0 Å². The minimum absolute atomic E-state index is 0.221. The Bertz CT molecular complexity index is 1090. The molecule has 1 aromatic heterocycles. The van der Waals surface area contributed by atoms with Crippen molar-refractivity contribution in [3.05, 3.63) is 28.7 Å². The molecule has 5 rings (SSSR count). The van der Waals surface area contributed by atoms with Crippen molar-refractivity contribution in [1.29, 1.82) is 0 Å². The highest BCUT2D eigenvalue weighted by Crippen LogP contribution is 2.38. The first-order chi connectivity index (χ1) is 14.9. The quantitative estimate of drug-likeness (QED) is 0.672.